The van der Waals surface area contributed by atoms with Crippen molar-refractivity contribution >= 4 is 17.2 Å². The normalized spacial score (nSPS) is 10.0. The SMILES string of the molecule is COc1cccc(OC)c1Oc1nc(C)cc(C(N)=S)n1. The van der Waals surface area contributed by atoms with E-state index in [2.05, 4.69) is 9.97 Å². The van der Waals surface area contributed by atoms with Crippen LogP contribution in [0.15, 0.2) is 24.3 Å². The molecule has 0 aliphatic carbocycles. The minimum Gasteiger partial charge on any atom is -0.493 e. The van der Waals surface area contributed by atoms with Gasteiger partial charge in [-0.3, -0.25) is 0 Å². The number of hydrogen-bond donors (Lipinski definition) is 1. The zero-order valence-electron chi connectivity index (χ0n) is 11.9. The highest BCUT2D eigenvalue weighted by Gasteiger charge is 2.15. The Morgan fingerprint density at radius 1 is 1.14 bits per heavy atom. The quantitative estimate of drug-likeness (QED) is 0.848. The van der Waals surface area contributed by atoms with Crippen molar-refractivity contribution in [1.29, 1.82) is 0 Å². The number of benzene rings is 1. The van der Waals surface area contributed by atoms with Crippen LogP contribution in [-0.4, -0.2) is 29.2 Å². The lowest BCUT2D eigenvalue weighted by molar-refractivity contribution is 0.336. The summed E-state index contributed by atoms with van der Waals surface area (Å²) in [6, 6.07) is 7.11. The molecule has 0 aliphatic heterocycles. The monoisotopic (exact) mass is 305 g/mol. The van der Waals surface area contributed by atoms with E-state index in [1.807, 2.05) is 0 Å². The molecule has 110 valence electrons. The molecular weight excluding hydrogens is 290 g/mol. The van der Waals surface area contributed by atoms with Gasteiger partial charge in [-0.1, -0.05) is 18.3 Å². The molecule has 1 heterocycles. The second kappa shape index (κ2) is 6.36. The van der Waals surface area contributed by atoms with Gasteiger partial charge in [0, 0.05) is 5.69 Å². The van der Waals surface area contributed by atoms with Gasteiger partial charge in [0.2, 0.25) is 5.75 Å². The maximum atomic E-state index is 5.71. The van der Waals surface area contributed by atoms with E-state index in [0.717, 1.165) is 0 Å². The lowest BCUT2D eigenvalue weighted by atomic mass is 10.3. The van der Waals surface area contributed by atoms with E-state index < -0.39 is 0 Å². The maximum Gasteiger partial charge on any atom is 0.323 e. The highest BCUT2D eigenvalue weighted by Crippen LogP contribution is 2.39. The number of rotatable bonds is 5. The minimum atomic E-state index is 0.126. The molecule has 0 fully saturated rings. The van der Waals surface area contributed by atoms with Gasteiger partial charge < -0.3 is 19.9 Å². The van der Waals surface area contributed by atoms with Crippen LogP contribution in [0.3, 0.4) is 0 Å². The predicted molar refractivity (Wildman–Crippen MR) is 82.3 cm³/mol. The van der Waals surface area contributed by atoms with Gasteiger partial charge >= 0.3 is 6.01 Å². The van der Waals surface area contributed by atoms with E-state index in [1.54, 1.807) is 45.4 Å². The second-order valence-electron chi connectivity index (χ2n) is 4.14. The standard InChI is InChI=1S/C14H15N3O3S/c1-8-7-9(13(15)21)17-14(16-8)20-12-10(18-2)5-4-6-11(12)19-3/h4-7H,1-3H3,(H2,15,21). The van der Waals surface area contributed by atoms with Crippen LogP contribution in [0.4, 0.5) is 0 Å². The summed E-state index contributed by atoms with van der Waals surface area (Å²) in [5, 5.41) is 0. The van der Waals surface area contributed by atoms with Crippen LogP contribution in [-0.2, 0) is 0 Å². The predicted octanol–water partition coefficient (Wildman–Crippen LogP) is 2.23. The lowest BCUT2D eigenvalue weighted by Crippen LogP contribution is -2.13. The molecule has 0 saturated heterocycles. The average molecular weight is 305 g/mol. The van der Waals surface area contributed by atoms with E-state index in [9.17, 15) is 0 Å². The van der Waals surface area contributed by atoms with Crippen LogP contribution >= 0.6 is 12.2 Å². The van der Waals surface area contributed by atoms with Crippen molar-refractivity contribution in [3.63, 3.8) is 0 Å². The molecule has 0 atom stereocenters. The lowest BCUT2D eigenvalue weighted by Gasteiger charge is -2.13. The van der Waals surface area contributed by atoms with E-state index >= 15 is 0 Å². The molecule has 0 radical (unpaired) electrons. The van der Waals surface area contributed by atoms with Gasteiger partial charge in [0.1, 0.15) is 10.7 Å². The minimum absolute atomic E-state index is 0.126. The first-order chi connectivity index (χ1) is 10.0. The van der Waals surface area contributed by atoms with Crippen molar-refractivity contribution in [2.24, 2.45) is 5.73 Å². The molecule has 2 rings (SSSR count). The third-order valence-electron chi connectivity index (χ3n) is 2.66. The molecule has 0 aliphatic rings. The Morgan fingerprint density at radius 2 is 1.76 bits per heavy atom. The highest BCUT2D eigenvalue weighted by molar-refractivity contribution is 7.80. The molecule has 0 unspecified atom stereocenters. The first-order valence-electron chi connectivity index (χ1n) is 6.09. The number of ether oxygens (including phenoxy) is 3. The van der Waals surface area contributed by atoms with E-state index in [4.69, 9.17) is 32.2 Å². The summed E-state index contributed by atoms with van der Waals surface area (Å²) in [6.07, 6.45) is 0. The van der Waals surface area contributed by atoms with Gasteiger partial charge in [0.05, 0.1) is 14.2 Å². The number of aromatic nitrogens is 2. The summed E-state index contributed by atoms with van der Waals surface area (Å²) in [7, 11) is 3.08. The molecule has 1 aromatic heterocycles. The van der Waals surface area contributed by atoms with Crippen molar-refractivity contribution in [1.82, 2.24) is 9.97 Å². The van der Waals surface area contributed by atoms with Gasteiger partial charge in [0.25, 0.3) is 0 Å². The number of nitrogens with zero attached hydrogens (tertiary/aromatic N) is 2. The molecule has 0 amide bonds. The van der Waals surface area contributed by atoms with E-state index in [-0.39, 0.29) is 11.0 Å². The number of thiocarbonyl (C=S) groups is 1. The average Bonchev–Trinajstić information content (AvgIpc) is 2.46. The Labute approximate surface area is 127 Å². The first kappa shape index (κ1) is 15.0. The molecule has 2 aromatic rings. The van der Waals surface area contributed by atoms with Crippen molar-refractivity contribution in [3.8, 4) is 23.3 Å². The molecule has 1 aromatic carbocycles. The van der Waals surface area contributed by atoms with Crippen LogP contribution in [0, 0.1) is 6.92 Å². The maximum absolute atomic E-state index is 5.71. The Hall–Kier alpha value is -2.41. The van der Waals surface area contributed by atoms with Crippen molar-refractivity contribution in [2.75, 3.05) is 14.2 Å². The molecule has 7 heteroatoms. The third kappa shape index (κ3) is 3.38. The Bertz CT molecular complexity index is 654. The fourth-order valence-corrected chi connectivity index (χ4v) is 1.83. The zero-order valence-corrected chi connectivity index (χ0v) is 12.7. The number of hydrogen-bond acceptors (Lipinski definition) is 6. The number of methoxy groups -OCH3 is 2. The van der Waals surface area contributed by atoms with Crippen LogP contribution < -0.4 is 19.9 Å². The molecule has 6 nitrogen and oxygen atoms in total. The number of aryl methyl sites for hydroxylation is 1. The highest BCUT2D eigenvalue weighted by atomic mass is 32.1. The Morgan fingerprint density at radius 3 is 2.29 bits per heavy atom. The van der Waals surface area contributed by atoms with E-state index in [1.165, 1.54) is 0 Å². The summed E-state index contributed by atoms with van der Waals surface area (Å²) in [5.74, 6) is 1.41. The zero-order chi connectivity index (χ0) is 15.4. The van der Waals surface area contributed by atoms with Gasteiger partial charge in [-0.25, -0.2) is 4.98 Å². The van der Waals surface area contributed by atoms with Gasteiger partial charge in [0.15, 0.2) is 11.5 Å². The third-order valence-corrected chi connectivity index (χ3v) is 2.87. The molecule has 2 N–H and O–H groups in total. The van der Waals surface area contributed by atoms with Crippen LogP contribution in [0.1, 0.15) is 11.4 Å². The Kier molecular flexibility index (Phi) is 4.54. The van der Waals surface area contributed by atoms with Crippen LogP contribution in [0.5, 0.6) is 23.3 Å². The fourth-order valence-electron chi connectivity index (χ4n) is 1.72. The van der Waals surface area contributed by atoms with Crippen molar-refractivity contribution in [2.45, 2.75) is 6.92 Å². The molecular formula is C14H15N3O3S. The van der Waals surface area contributed by atoms with Crippen LogP contribution in [0.25, 0.3) is 0 Å². The Balaban J connectivity index is 2.45. The number of nitrogens with two attached hydrogens (primary N) is 1. The van der Waals surface area contributed by atoms with Gasteiger partial charge in [-0.2, -0.15) is 4.98 Å². The summed E-state index contributed by atoms with van der Waals surface area (Å²) in [4.78, 5) is 8.55. The summed E-state index contributed by atoms with van der Waals surface area (Å²) in [6.45, 7) is 1.80. The fraction of sp³-hybridized carbons (Fsp3) is 0.214. The van der Waals surface area contributed by atoms with E-state index in [0.29, 0.717) is 28.6 Å². The molecule has 0 bridgehead atoms. The summed E-state index contributed by atoms with van der Waals surface area (Å²) >= 11 is 4.93. The summed E-state index contributed by atoms with van der Waals surface area (Å²) < 4.78 is 16.2. The van der Waals surface area contributed by atoms with Gasteiger partial charge in [-0.15, -0.1) is 0 Å². The molecule has 0 saturated carbocycles. The largest absolute Gasteiger partial charge is 0.493 e. The topological polar surface area (TPSA) is 79.5 Å². The van der Waals surface area contributed by atoms with Crippen LogP contribution in [0.2, 0.25) is 0 Å². The smallest absolute Gasteiger partial charge is 0.323 e. The van der Waals surface area contributed by atoms with Crippen molar-refractivity contribution in [3.05, 3.63) is 35.7 Å². The number of para-hydroxylation sites is 1. The summed E-state index contributed by atoms with van der Waals surface area (Å²) in [5.41, 5.74) is 6.73. The molecule has 21 heavy (non-hydrogen) atoms. The second-order valence-corrected chi connectivity index (χ2v) is 4.57. The van der Waals surface area contributed by atoms with Crippen molar-refractivity contribution < 1.29 is 14.2 Å². The molecule has 0 spiro atoms. The first-order valence-corrected chi connectivity index (χ1v) is 6.50. The van der Waals surface area contributed by atoms with Gasteiger partial charge in [-0.05, 0) is 25.1 Å².